The molecule has 0 saturated carbocycles. The summed E-state index contributed by atoms with van der Waals surface area (Å²) in [6.07, 6.45) is 0.818. The highest BCUT2D eigenvalue weighted by Crippen LogP contribution is 2.32. The van der Waals surface area contributed by atoms with E-state index in [1.807, 2.05) is 55.7 Å². The van der Waals surface area contributed by atoms with Gasteiger partial charge in [0.15, 0.2) is 0 Å². The number of hydrogen-bond donors (Lipinski definition) is 1. The van der Waals surface area contributed by atoms with Crippen LogP contribution in [0, 0.1) is 20.8 Å². The molecule has 0 bridgehead atoms. The van der Waals surface area contributed by atoms with E-state index in [1.165, 1.54) is 0 Å². The third-order valence-corrected chi connectivity index (χ3v) is 4.69. The Morgan fingerprint density at radius 3 is 2.71 bits per heavy atom. The molecule has 2 aromatic carbocycles. The molecule has 0 atom stereocenters. The van der Waals surface area contributed by atoms with Crippen molar-refractivity contribution in [1.82, 2.24) is 9.55 Å². The van der Waals surface area contributed by atoms with Gasteiger partial charge in [-0.3, -0.25) is 0 Å². The van der Waals surface area contributed by atoms with Gasteiger partial charge >= 0.3 is 0 Å². The van der Waals surface area contributed by atoms with Gasteiger partial charge in [-0.15, -0.1) is 0 Å². The molecule has 0 amide bonds. The van der Waals surface area contributed by atoms with Gasteiger partial charge in [-0.2, -0.15) is 0 Å². The van der Waals surface area contributed by atoms with Gasteiger partial charge in [0, 0.05) is 6.54 Å². The summed E-state index contributed by atoms with van der Waals surface area (Å²) < 4.78 is 7.92. The second-order valence-electron chi connectivity index (χ2n) is 6.01. The molecule has 4 nitrogen and oxygen atoms in total. The summed E-state index contributed by atoms with van der Waals surface area (Å²) >= 11 is 6.23. The molecule has 0 saturated heterocycles. The van der Waals surface area contributed by atoms with Crippen LogP contribution in [0.5, 0.6) is 11.5 Å². The van der Waals surface area contributed by atoms with Crippen molar-refractivity contribution in [1.29, 1.82) is 0 Å². The third kappa shape index (κ3) is 3.06. The number of rotatable bonds is 5. The Bertz CT molecular complexity index is 887. The number of phenols is 1. The SMILES string of the molecule is Cc1cc(OCCCn2c(Cl)nc3ccccc32)c(C)c(C)c1O. The van der Waals surface area contributed by atoms with E-state index in [2.05, 4.69) is 4.98 Å². The molecular formula is C19H21ClN2O2. The lowest BCUT2D eigenvalue weighted by atomic mass is 10.0. The Morgan fingerprint density at radius 2 is 1.92 bits per heavy atom. The van der Waals surface area contributed by atoms with Crippen LogP contribution in [0.15, 0.2) is 30.3 Å². The second-order valence-corrected chi connectivity index (χ2v) is 6.35. The first-order chi connectivity index (χ1) is 11.5. The molecule has 0 aliphatic rings. The molecule has 3 aromatic rings. The van der Waals surface area contributed by atoms with Crippen LogP contribution in [-0.2, 0) is 6.54 Å². The summed E-state index contributed by atoms with van der Waals surface area (Å²) in [6.45, 7) is 7.07. The lowest BCUT2D eigenvalue weighted by Crippen LogP contribution is -2.06. The monoisotopic (exact) mass is 344 g/mol. The molecule has 1 N–H and O–H groups in total. The maximum absolute atomic E-state index is 9.96. The highest BCUT2D eigenvalue weighted by Gasteiger charge is 2.11. The summed E-state index contributed by atoms with van der Waals surface area (Å²) in [6, 6.07) is 9.80. The highest BCUT2D eigenvalue weighted by atomic mass is 35.5. The fourth-order valence-corrected chi connectivity index (χ4v) is 3.11. The van der Waals surface area contributed by atoms with Crippen molar-refractivity contribution in [2.24, 2.45) is 0 Å². The Hall–Kier alpha value is -2.20. The zero-order valence-corrected chi connectivity index (χ0v) is 14.9. The van der Waals surface area contributed by atoms with E-state index in [0.717, 1.165) is 46.4 Å². The van der Waals surface area contributed by atoms with Gasteiger partial charge in [-0.05, 0) is 73.7 Å². The van der Waals surface area contributed by atoms with E-state index in [9.17, 15) is 5.11 Å². The van der Waals surface area contributed by atoms with Crippen LogP contribution in [0.3, 0.4) is 0 Å². The van der Waals surface area contributed by atoms with Gasteiger partial charge in [-0.25, -0.2) is 4.98 Å². The molecular weight excluding hydrogens is 324 g/mol. The van der Waals surface area contributed by atoms with Crippen molar-refractivity contribution in [2.45, 2.75) is 33.7 Å². The van der Waals surface area contributed by atoms with Crippen molar-refractivity contribution in [3.05, 3.63) is 52.3 Å². The van der Waals surface area contributed by atoms with Crippen molar-refractivity contribution in [2.75, 3.05) is 6.61 Å². The third-order valence-electron chi connectivity index (χ3n) is 4.40. The summed E-state index contributed by atoms with van der Waals surface area (Å²) in [7, 11) is 0. The molecule has 24 heavy (non-hydrogen) atoms. The molecule has 5 heteroatoms. The Balaban J connectivity index is 1.66. The Labute approximate surface area is 146 Å². The number of halogens is 1. The smallest absolute Gasteiger partial charge is 0.203 e. The van der Waals surface area contributed by atoms with Gasteiger partial charge in [0.05, 0.1) is 17.6 Å². The van der Waals surface area contributed by atoms with Crippen LogP contribution in [0.4, 0.5) is 0 Å². The number of benzene rings is 2. The van der Waals surface area contributed by atoms with Gasteiger partial charge in [0.2, 0.25) is 5.28 Å². The van der Waals surface area contributed by atoms with Crippen LogP contribution in [-0.4, -0.2) is 21.3 Å². The number of phenolic OH excluding ortho intramolecular Hbond substituents is 1. The molecule has 3 rings (SSSR count). The molecule has 1 aromatic heterocycles. The van der Waals surface area contributed by atoms with E-state index in [-0.39, 0.29) is 0 Å². The number of aryl methyl sites for hydroxylation is 2. The fourth-order valence-electron chi connectivity index (χ4n) is 2.84. The lowest BCUT2D eigenvalue weighted by Gasteiger charge is -2.14. The molecule has 0 fully saturated rings. The molecule has 0 aliphatic carbocycles. The number of ether oxygens (including phenoxy) is 1. The van der Waals surface area contributed by atoms with E-state index in [4.69, 9.17) is 16.3 Å². The van der Waals surface area contributed by atoms with Crippen molar-refractivity contribution < 1.29 is 9.84 Å². The second kappa shape index (κ2) is 6.73. The maximum Gasteiger partial charge on any atom is 0.203 e. The number of nitrogens with zero attached hydrogens (tertiary/aromatic N) is 2. The molecule has 0 unspecified atom stereocenters. The fraction of sp³-hybridized carbons (Fsp3) is 0.316. The van der Waals surface area contributed by atoms with Crippen LogP contribution in [0.2, 0.25) is 5.28 Å². The number of aromatic hydroxyl groups is 1. The van der Waals surface area contributed by atoms with Gasteiger partial charge in [-0.1, -0.05) is 12.1 Å². The zero-order valence-electron chi connectivity index (χ0n) is 14.1. The van der Waals surface area contributed by atoms with Gasteiger partial charge in [0.25, 0.3) is 0 Å². The number of para-hydroxylation sites is 2. The molecule has 0 aliphatic heterocycles. The first kappa shape index (κ1) is 16.7. The predicted octanol–water partition coefficient (Wildman–Crippen LogP) is 4.79. The predicted molar refractivity (Wildman–Crippen MR) is 97.2 cm³/mol. The summed E-state index contributed by atoms with van der Waals surface area (Å²) in [5.74, 6) is 1.17. The summed E-state index contributed by atoms with van der Waals surface area (Å²) in [5, 5.41) is 10.5. The lowest BCUT2D eigenvalue weighted by molar-refractivity contribution is 0.299. The van der Waals surface area contributed by atoms with Crippen molar-refractivity contribution in [3.8, 4) is 11.5 Å². The summed E-state index contributed by atoms with van der Waals surface area (Å²) in [4.78, 5) is 4.36. The maximum atomic E-state index is 9.96. The highest BCUT2D eigenvalue weighted by molar-refractivity contribution is 6.29. The number of aromatic nitrogens is 2. The number of hydrogen-bond acceptors (Lipinski definition) is 3. The van der Waals surface area contributed by atoms with E-state index in [0.29, 0.717) is 17.6 Å². The minimum Gasteiger partial charge on any atom is -0.507 e. The minimum absolute atomic E-state index is 0.344. The van der Waals surface area contributed by atoms with Gasteiger partial charge in [0.1, 0.15) is 11.5 Å². The van der Waals surface area contributed by atoms with Crippen LogP contribution in [0.1, 0.15) is 23.1 Å². The van der Waals surface area contributed by atoms with E-state index < -0.39 is 0 Å². The van der Waals surface area contributed by atoms with E-state index in [1.54, 1.807) is 0 Å². The first-order valence-corrected chi connectivity index (χ1v) is 8.40. The van der Waals surface area contributed by atoms with Crippen molar-refractivity contribution in [3.63, 3.8) is 0 Å². The van der Waals surface area contributed by atoms with E-state index >= 15 is 0 Å². The van der Waals surface area contributed by atoms with Crippen LogP contribution in [0.25, 0.3) is 11.0 Å². The first-order valence-electron chi connectivity index (χ1n) is 8.02. The number of fused-ring (bicyclic) bond motifs is 1. The molecule has 1 heterocycles. The zero-order chi connectivity index (χ0) is 17.3. The topological polar surface area (TPSA) is 47.3 Å². The van der Waals surface area contributed by atoms with Crippen LogP contribution >= 0.6 is 11.6 Å². The molecule has 0 spiro atoms. The van der Waals surface area contributed by atoms with Crippen molar-refractivity contribution >= 4 is 22.6 Å². The minimum atomic E-state index is 0.344. The summed E-state index contributed by atoms with van der Waals surface area (Å²) in [5.41, 5.74) is 4.62. The number of imidazole rings is 1. The average Bonchev–Trinajstić information content (AvgIpc) is 2.89. The molecule has 0 radical (unpaired) electrons. The average molecular weight is 345 g/mol. The van der Waals surface area contributed by atoms with Gasteiger partial charge < -0.3 is 14.4 Å². The normalized spacial score (nSPS) is 11.2. The Morgan fingerprint density at radius 1 is 1.17 bits per heavy atom. The molecule has 126 valence electrons. The Kier molecular flexibility index (Phi) is 4.67. The standard InChI is InChI=1S/C19H21ClN2O2/c1-12-11-17(13(2)14(3)18(12)23)24-10-6-9-22-16-8-5-4-7-15(16)21-19(22)20/h4-5,7-8,11,23H,6,9-10H2,1-3H3. The largest absolute Gasteiger partial charge is 0.507 e. The quantitative estimate of drug-likeness (QED) is 0.677. The van der Waals surface area contributed by atoms with Crippen LogP contribution < -0.4 is 4.74 Å².